The Morgan fingerprint density at radius 1 is 1.39 bits per heavy atom. The van der Waals surface area contributed by atoms with Gasteiger partial charge >= 0.3 is 0 Å². The smallest absolute Gasteiger partial charge is 0.226 e. The fourth-order valence-corrected chi connectivity index (χ4v) is 1.67. The van der Waals surface area contributed by atoms with E-state index in [1.807, 2.05) is 13.0 Å². The first-order chi connectivity index (χ1) is 8.65. The van der Waals surface area contributed by atoms with E-state index in [9.17, 15) is 0 Å². The predicted octanol–water partition coefficient (Wildman–Crippen LogP) is 3.55. The van der Waals surface area contributed by atoms with Crippen molar-refractivity contribution in [2.75, 3.05) is 18.5 Å². The second kappa shape index (κ2) is 8.29. The molecule has 0 amide bonds. The van der Waals surface area contributed by atoms with Gasteiger partial charge in [0.05, 0.1) is 6.61 Å². The third-order valence-corrected chi connectivity index (χ3v) is 3.57. The number of aromatic nitrogens is 2. The second-order valence-corrected chi connectivity index (χ2v) is 5.54. The summed E-state index contributed by atoms with van der Waals surface area (Å²) in [5.74, 6) is 1.30. The van der Waals surface area contributed by atoms with E-state index in [-0.39, 0.29) is 0 Å². The lowest BCUT2D eigenvalue weighted by Crippen LogP contribution is -2.11. The molecule has 1 N–H and O–H groups in total. The SMILES string of the molecule is CCCOc1cc(C)nc(NCCC(Br)CC)n1. The molecule has 1 heterocycles. The van der Waals surface area contributed by atoms with Crippen LogP contribution in [0.15, 0.2) is 6.07 Å². The summed E-state index contributed by atoms with van der Waals surface area (Å²) in [6, 6.07) is 1.86. The zero-order chi connectivity index (χ0) is 13.4. The van der Waals surface area contributed by atoms with E-state index in [4.69, 9.17) is 4.74 Å². The molecule has 1 atom stereocenters. The van der Waals surface area contributed by atoms with Crippen LogP contribution in [0.25, 0.3) is 0 Å². The Morgan fingerprint density at radius 3 is 2.83 bits per heavy atom. The molecule has 1 aromatic rings. The summed E-state index contributed by atoms with van der Waals surface area (Å²) < 4.78 is 5.52. The van der Waals surface area contributed by atoms with Crippen molar-refractivity contribution in [1.82, 2.24) is 9.97 Å². The van der Waals surface area contributed by atoms with Gasteiger partial charge in [-0.25, -0.2) is 4.98 Å². The monoisotopic (exact) mass is 315 g/mol. The van der Waals surface area contributed by atoms with Crippen LogP contribution in [-0.2, 0) is 0 Å². The summed E-state index contributed by atoms with van der Waals surface area (Å²) in [4.78, 5) is 9.23. The molecule has 1 aromatic heterocycles. The first-order valence-corrected chi connectivity index (χ1v) is 7.43. The molecule has 102 valence electrons. The molecule has 0 aromatic carbocycles. The van der Waals surface area contributed by atoms with Gasteiger partial charge in [0.15, 0.2) is 0 Å². The molecule has 0 aliphatic heterocycles. The van der Waals surface area contributed by atoms with E-state index in [1.54, 1.807) is 0 Å². The molecule has 0 saturated heterocycles. The normalized spacial score (nSPS) is 12.2. The minimum absolute atomic E-state index is 0.547. The van der Waals surface area contributed by atoms with E-state index < -0.39 is 0 Å². The van der Waals surface area contributed by atoms with Crippen molar-refractivity contribution in [2.45, 2.75) is 44.9 Å². The highest BCUT2D eigenvalue weighted by Gasteiger charge is 2.04. The highest BCUT2D eigenvalue weighted by atomic mass is 79.9. The van der Waals surface area contributed by atoms with Gasteiger partial charge in [0, 0.05) is 23.1 Å². The number of nitrogens with one attached hydrogen (secondary N) is 1. The van der Waals surface area contributed by atoms with Crippen molar-refractivity contribution in [3.05, 3.63) is 11.8 Å². The predicted molar refractivity (Wildman–Crippen MR) is 78.7 cm³/mol. The summed E-state index contributed by atoms with van der Waals surface area (Å²) >= 11 is 3.61. The summed E-state index contributed by atoms with van der Waals surface area (Å²) in [5.41, 5.74) is 0.921. The fourth-order valence-electron chi connectivity index (χ4n) is 1.44. The van der Waals surface area contributed by atoms with Gasteiger partial charge in [-0.1, -0.05) is 29.8 Å². The quantitative estimate of drug-likeness (QED) is 0.745. The number of hydrogen-bond acceptors (Lipinski definition) is 4. The van der Waals surface area contributed by atoms with Crippen LogP contribution < -0.4 is 10.1 Å². The summed E-state index contributed by atoms with van der Waals surface area (Å²) in [6.07, 6.45) is 3.16. The van der Waals surface area contributed by atoms with Crippen LogP contribution in [-0.4, -0.2) is 27.9 Å². The van der Waals surface area contributed by atoms with Gasteiger partial charge in [-0.2, -0.15) is 4.98 Å². The number of nitrogens with zero attached hydrogens (tertiary/aromatic N) is 2. The third kappa shape index (κ3) is 5.67. The van der Waals surface area contributed by atoms with Crippen LogP contribution in [0.1, 0.15) is 38.8 Å². The maximum absolute atomic E-state index is 5.52. The van der Waals surface area contributed by atoms with E-state index in [0.717, 1.165) is 31.5 Å². The van der Waals surface area contributed by atoms with E-state index in [2.05, 4.69) is 45.1 Å². The number of halogens is 1. The topological polar surface area (TPSA) is 47.0 Å². The van der Waals surface area contributed by atoms with Crippen molar-refractivity contribution >= 4 is 21.9 Å². The van der Waals surface area contributed by atoms with Gasteiger partial charge in [-0.3, -0.25) is 0 Å². The van der Waals surface area contributed by atoms with E-state index in [1.165, 1.54) is 0 Å². The third-order valence-electron chi connectivity index (χ3n) is 2.47. The second-order valence-electron chi connectivity index (χ2n) is 4.24. The number of hydrogen-bond donors (Lipinski definition) is 1. The number of alkyl halides is 1. The molecule has 0 aliphatic carbocycles. The molecule has 0 aliphatic rings. The minimum atomic E-state index is 0.547. The van der Waals surface area contributed by atoms with Gasteiger partial charge < -0.3 is 10.1 Å². The number of anilines is 1. The largest absolute Gasteiger partial charge is 0.478 e. The van der Waals surface area contributed by atoms with Crippen LogP contribution in [0.4, 0.5) is 5.95 Å². The molecular formula is C13H22BrN3O. The van der Waals surface area contributed by atoms with Crippen molar-refractivity contribution < 1.29 is 4.74 Å². The Labute approximate surface area is 118 Å². The van der Waals surface area contributed by atoms with Crippen molar-refractivity contribution in [2.24, 2.45) is 0 Å². The number of rotatable bonds is 8. The molecule has 1 unspecified atom stereocenters. The van der Waals surface area contributed by atoms with Crippen LogP contribution >= 0.6 is 15.9 Å². The maximum atomic E-state index is 5.52. The lowest BCUT2D eigenvalue weighted by atomic mass is 10.2. The molecule has 1 rings (SSSR count). The Hall–Kier alpha value is -0.840. The van der Waals surface area contributed by atoms with Crippen LogP contribution in [0.5, 0.6) is 5.88 Å². The van der Waals surface area contributed by atoms with E-state index >= 15 is 0 Å². The Morgan fingerprint density at radius 2 is 2.17 bits per heavy atom. The molecule has 0 radical (unpaired) electrons. The molecule has 0 fully saturated rings. The van der Waals surface area contributed by atoms with E-state index in [0.29, 0.717) is 23.3 Å². The zero-order valence-electron chi connectivity index (χ0n) is 11.4. The molecule has 0 saturated carbocycles. The molecule has 0 spiro atoms. The van der Waals surface area contributed by atoms with Crippen molar-refractivity contribution in [3.63, 3.8) is 0 Å². The average molecular weight is 316 g/mol. The van der Waals surface area contributed by atoms with Gasteiger partial charge in [0.25, 0.3) is 0 Å². The van der Waals surface area contributed by atoms with Crippen molar-refractivity contribution in [3.8, 4) is 5.88 Å². The molecule has 0 bridgehead atoms. The molecule has 18 heavy (non-hydrogen) atoms. The zero-order valence-corrected chi connectivity index (χ0v) is 13.0. The average Bonchev–Trinajstić information content (AvgIpc) is 2.35. The van der Waals surface area contributed by atoms with Gasteiger partial charge in [-0.05, 0) is 26.2 Å². The molecular weight excluding hydrogens is 294 g/mol. The summed E-state index contributed by atoms with van der Waals surface area (Å²) in [6.45, 7) is 7.74. The van der Waals surface area contributed by atoms with Crippen LogP contribution in [0, 0.1) is 6.92 Å². The highest BCUT2D eigenvalue weighted by molar-refractivity contribution is 9.09. The summed E-state index contributed by atoms with van der Waals surface area (Å²) in [7, 11) is 0. The number of aryl methyl sites for hydroxylation is 1. The Kier molecular flexibility index (Phi) is 7.01. The first kappa shape index (κ1) is 15.2. The minimum Gasteiger partial charge on any atom is -0.478 e. The van der Waals surface area contributed by atoms with Crippen molar-refractivity contribution in [1.29, 1.82) is 0 Å². The summed E-state index contributed by atoms with van der Waals surface area (Å²) in [5, 5.41) is 3.24. The first-order valence-electron chi connectivity index (χ1n) is 6.52. The van der Waals surface area contributed by atoms with Gasteiger partial charge in [0.2, 0.25) is 11.8 Å². The van der Waals surface area contributed by atoms with Crippen LogP contribution in [0.2, 0.25) is 0 Å². The lowest BCUT2D eigenvalue weighted by molar-refractivity contribution is 0.305. The Balaban J connectivity index is 2.51. The fraction of sp³-hybridized carbons (Fsp3) is 0.692. The standard InChI is InChI=1S/C13H22BrN3O/c1-4-8-18-12-9-10(3)16-13(17-12)15-7-6-11(14)5-2/h9,11H,4-8H2,1-3H3,(H,15,16,17). The molecule has 5 heteroatoms. The highest BCUT2D eigenvalue weighted by Crippen LogP contribution is 2.13. The number of ether oxygens (including phenoxy) is 1. The van der Waals surface area contributed by atoms with Gasteiger partial charge in [-0.15, -0.1) is 0 Å². The van der Waals surface area contributed by atoms with Crippen LogP contribution in [0.3, 0.4) is 0 Å². The lowest BCUT2D eigenvalue weighted by Gasteiger charge is -2.10. The van der Waals surface area contributed by atoms with Gasteiger partial charge in [0.1, 0.15) is 0 Å². The maximum Gasteiger partial charge on any atom is 0.226 e. The Bertz CT molecular complexity index is 360. The molecule has 4 nitrogen and oxygen atoms in total.